The molecule has 1 fully saturated rings. The van der Waals surface area contributed by atoms with Gasteiger partial charge in [-0.05, 0) is 36.4 Å². The molecular weight excluding hydrogens is 264 g/mol. The third kappa shape index (κ3) is 2.97. The Balaban J connectivity index is 1.63. The van der Waals surface area contributed by atoms with Gasteiger partial charge in [0.2, 0.25) is 0 Å². The number of carbonyl (C=O) groups is 1. The number of anilines is 2. The first-order valence-electron chi connectivity index (χ1n) is 7.05. The minimum atomic E-state index is 0.0654. The minimum absolute atomic E-state index is 0.0654. The van der Waals surface area contributed by atoms with Gasteiger partial charge in [0.1, 0.15) is 5.82 Å². The lowest BCUT2D eigenvalue weighted by Crippen LogP contribution is -2.49. The van der Waals surface area contributed by atoms with Crippen LogP contribution >= 0.6 is 0 Å². The summed E-state index contributed by atoms with van der Waals surface area (Å²) in [5.41, 5.74) is 7.01. The van der Waals surface area contributed by atoms with Gasteiger partial charge in [-0.3, -0.25) is 4.79 Å². The summed E-state index contributed by atoms with van der Waals surface area (Å²) in [6.45, 7) is 3.02. The molecule has 1 saturated heterocycles. The molecule has 0 saturated carbocycles. The highest BCUT2D eigenvalue weighted by Crippen LogP contribution is 2.15. The van der Waals surface area contributed by atoms with Crippen LogP contribution in [0.15, 0.2) is 48.7 Å². The number of rotatable bonds is 2. The fraction of sp³-hybridized carbons (Fsp3) is 0.250. The number of aromatic nitrogens is 1. The average molecular weight is 282 g/mol. The smallest absolute Gasteiger partial charge is 0.253 e. The van der Waals surface area contributed by atoms with Crippen LogP contribution in [-0.4, -0.2) is 42.0 Å². The Morgan fingerprint density at radius 3 is 2.33 bits per heavy atom. The average Bonchev–Trinajstić information content (AvgIpc) is 2.56. The number of hydrogen-bond donors (Lipinski definition) is 1. The number of amides is 1. The second kappa shape index (κ2) is 5.83. The maximum atomic E-state index is 12.4. The van der Waals surface area contributed by atoms with Crippen molar-refractivity contribution in [2.24, 2.45) is 0 Å². The van der Waals surface area contributed by atoms with Crippen LogP contribution in [0.25, 0.3) is 0 Å². The van der Waals surface area contributed by atoms with Crippen molar-refractivity contribution in [3.8, 4) is 0 Å². The maximum Gasteiger partial charge on any atom is 0.253 e. The molecule has 0 unspecified atom stereocenters. The summed E-state index contributed by atoms with van der Waals surface area (Å²) in [6, 6.07) is 13.0. The van der Waals surface area contributed by atoms with Gasteiger partial charge in [-0.15, -0.1) is 0 Å². The van der Waals surface area contributed by atoms with Gasteiger partial charge in [0, 0.05) is 43.6 Å². The summed E-state index contributed by atoms with van der Waals surface area (Å²) >= 11 is 0. The first-order chi connectivity index (χ1) is 10.2. The van der Waals surface area contributed by atoms with E-state index in [1.807, 2.05) is 23.1 Å². The van der Waals surface area contributed by atoms with Crippen molar-refractivity contribution >= 4 is 17.4 Å². The largest absolute Gasteiger partial charge is 0.399 e. The van der Waals surface area contributed by atoms with Gasteiger partial charge in [-0.1, -0.05) is 6.07 Å². The molecule has 0 bridgehead atoms. The number of pyridine rings is 1. The van der Waals surface area contributed by atoms with Crippen LogP contribution in [-0.2, 0) is 0 Å². The number of benzene rings is 1. The summed E-state index contributed by atoms with van der Waals surface area (Å²) < 4.78 is 0. The molecule has 1 aliphatic rings. The summed E-state index contributed by atoms with van der Waals surface area (Å²) in [4.78, 5) is 20.8. The van der Waals surface area contributed by atoms with E-state index < -0.39 is 0 Å². The third-order valence-corrected chi connectivity index (χ3v) is 3.70. The number of nitrogens with two attached hydrogens (primary N) is 1. The molecule has 21 heavy (non-hydrogen) atoms. The zero-order valence-corrected chi connectivity index (χ0v) is 11.8. The predicted octanol–water partition coefficient (Wildman–Crippen LogP) is 1.63. The molecule has 2 N–H and O–H groups in total. The van der Waals surface area contributed by atoms with E-state index in [1.54, 1.807) is 30.5 Å². The number of hydrogen-bond acceptors (Lipinski definition) is 4. The van der Waals surface area contributed by atoms with Crippen LogP contribution in [0.4, 0.5) is 11.5 Å². The Hall–Kier alpha value is -2.56. The van der Waals surface area contributed by atoms with Crippen molar-refractivity contribution in [1.82, 2.24) is 9.88 Å². The summed E-state index contributed by atoms with van der Waals surface area (Å²) in [5, 5.41) is 0. The van der Waals surface area contributed by atoms with Gasteiger partial charge >= 0.3 is 0 Å². The quantitative estimate of drug-likeness (QED) is 0.850. The van der Waals surface area contributed by atoms with Crippen LogP contribution in [0.2, 0.25) is 0 Å². The molecule has 2 heterocycles. The number of nitrogen functional groups attached to an aromatic ring is 1. The monoisotopic (exact) mass is 282 g/mol. The number of carbonyl (C=O) groups excluding carboxylic acids is 1. The van der Waals surface area contributed by atoms with Gasteiger partial charge in [0.15, 0.2) is 0 Å². The molecule has 2 aromatic rings. The van der Waals surface area contributed by atoms with E-state index in [2.05, 4.69) is 9.88 Å². The molecule has 0 spiro atoms. The molecule has 1 aromatic carbocycles. The van der Waals surface area contributed by atoms with Gasteiger partial charge in [-0.2, -0.15) is 0 Å². The molecule has 1 aliphatic heterocycles. The third-order valence-electron chi connectivity index (χ3n) is 3.70. The van der Waals surface area contributed by atoms with E-state index in [4.69, 9.17) is 5.73 Å². The zero-order valence-electron chi connectivity index (χ0n) is 11.8. The van der Waals surface area contributed by atoms with Crippen molar-refractivity contribution in [3.63, 3.8) is 0 Å². The van der Waals surface area contributed by atoms with Crippen LogP contribution in [0.1, 0.15) is 10.4 Å². The molecule has 5 nitrogen and oxygen atoms in total. The van der Waals surface area contributed by atoms with Crippen molar-refractivity contribution in [3.05, 3.63) is 54.2 Å². The van der Waals surface area contributed by atoms with Crippen LogP contribution < -0.4 is 10.6 Å². The summed E-state index contributed by atoms with van der Waals surface area (Å²) in [5.74, 6) is 1.03. The Morgan fingerprint density at radius 2 is 1.71 bits per heavy atom. The maximum absolute atomic E-state index is 12.4. The van der Waals surface area contributed by atoms with Crippen molar-refractivity contribution < 1.29 is 4.79 Å². The molecule has 1 aromatic heterocycles. The molecule has 1 amide bonds. The normalized spacial score (nSPS) is 15.0. The summed E-state index contributed by atoms with van der Waals surface area (Å²) in [7, 11) is 0. The van der Waals surface area contributed by atoms with E-state index in [0.29, 0.717) is 24.3 Å². The van der Waals surface area contributed by atoms with Crippen molar-refractivity contribution in [2.45, 2.75) is 0 Å². The van der Waals surface area contributed by atoms with Crippen molar-refractivity contribution in [1.29, 1.82) is 0 Å². The Labute approximate surface area is 124 Å². The number of piperazine rings is 1. The van der Waals surface area contributed by atoms with Gasteiger partial charge in [0.25, 0.3) is 5.91 Å². The second-order valence-electron chi connectivity index (χ2n) is 5.09. The van der Waals surface area contributed by atoms with Crippen LogP contribution in [0.5, 0.6) is 0 Å². The molecule has 5 heteroatoms. The van der Waals surface area contributed by atoms with E-state index in [1.165, 1.54) is 0 Å². The SMILES string of the molecule is Nc1ccc(C(=O)N2CCN(c3ccccn3)CC2)cc1. The molecule has 0 aliphatic carbocycles. The predicted molar refractivity (Wildman–Crippen MR) is 83.2 cm³/mol. The minimum Gasteiger partial charge on any atom is -0.399 e. The zero-order chi connectivity index (χ0) is 14.7. The Bertz CT molecular complexity index is 604. The van der Waals surface area contributed by atoms with E-state index in [-0.39, 0.29) is 5.91 Å². The van der Waals surface area contributed by atoms with Crippen LogP contribution in [0.3, 0.4) is 0 Å². The van der Waals surface area contributed by atoms with Crippen LogP contribution in [0, 0.1) is 0 Å². The number of nitrogens with zero attached hydrogens (tertiary/aromatic N) is 3. The lowest BCUT2D eigenvalue weighted by atomic mass is 10.1. The fourth-order valence-electron chi connectivity index (χ4n) is 2.49. The Morgan fingerprint density at radius 1 is 1.00 bits per heavy atom. The summed E-state index contributed by atoms with van der Waals surface area (Å²) in [6.07, 6.45) is 1.79. The molecule has 0 atom stereocenters. The molecule has 108 valence electrons. The van der Waals surface area contributed by atoms with E-state index >= 15 is 0 Å². The highest BCUT2D eigenvalue weighted by Gasteiger charge is 2.22. The molecule has 0 radical (unpaired) electrons. The highest BCUT2D eigenvalue weighted by atomic mass is 16.2. The lowest BCUT2D eigenvalue weighted by Gasteiger charge is -2.35. The van der Waals surface area contributed by atoms with Gasteiger partial charge in [0.05, 0.1) is 0 Å². The lowest BCUT2D eigenvalue weighted by molar-refractivity contribution is 0.0746. The molecular formula is C16H18N4O. The highest BCUT2D eigenvalue weighted by molar-refractivity contribution is 5.94. The van der Waals surface area contributed by atoms with Gasteiger partial charge < -0.3 is 15.5 Å². The second-order valence-corrected chi connectivity index (χ2v) is 5.09. The first-order valence-corrected chi connectivity index (χ1v) is 7.05. The standard InChI is InChI=1S/C16H18N4O/c17-14-6-4-13(5-7-14)16(21)20-11-9-19(10-12-20)15-3-1-2-8-18-15/h1-8H,9-12,17H2. The van der Waals surface area contributed by atoms with E-state index in [9.17, 15) is 4.79 Å². The molecule has 3 rings (SSSR count). The first kappa shape index (κ1) is 13.4. The van der Waals surface area contributed by atoms with Gasteiger partial charge in [-0.25, -0.2) is 4.98 Å². The Kier molecular flexibility index (Phi) is 3.73. The topological polar surface area (TPSA) is 62.5 Å². The fourth-order valence-corrected chi connectivity index (χ4v) is 2.49. The van der Waals surface area contributed by atoms with E-state index in [0.717, 1.165) is 18.9 Å². The van der Waals surface area contributed by atoms with Crippen molar-refractivity contribution in [2.75, 3.05) is 36.8 Å².